The number of carbonyl (C=O) groups excluding carboxylic acids is 2. The second-order valence-electron chi connectivity index (χ2n) is 10.7. The Bertz CT molecular complexity index is 1110. The molecule has 2 fully saturated rings. The number of hydrogen-bond donors (Lipinski definition) is 2. The molecule has 1 aliphatic heterocycles. The molecule has 1 saturated heterocycles. The molecule has 2 amide bonds. The van der Waals surface area contributed by atoms with Crippen LogP contribution >= 0.6 is 0 Å². The highest BCUT2D eigenvalue weighted by Gasteiger charge is 2.54. The minimum Gasteiger partial charge on any atom is -0.480 e. The van der Waals surface area contributed by atoms with Crippen LogP contribution in [0, 0.1) is 17.3 Å². The predicted molar refractivity (Wildman–Crippen MR) is 131 cm³/mol. The Morgan fingerprint density at radius 2 is 1.66 bits per heavy atom. The first-order valence-electron chi connectivity index (χ1n) is 12.4. The van der Waals surface area contributed by atoms with Crippen molar-refractivity contribution in [1.82, 2.24) is 10.2 Å². The Balaban J connectivity index is 1.17. The molecular formula is C28H32N2O5. The number of carboxylic acid groups (broad SMARTS) is 1. The molecule has 1 heterocycles. The molecule has 3 atom stereocenters. The summed E-state index contributed by atoms with van der Waals surface area (Å²) in [6.45, 7) is 4.80. The monoisotopic (exact) mass is 476 g/mol. The number of benzene rings is 2. The van der Waals surface area contributed by atoms with Crippen LogP contribution in [0.5, 0.6) is 0 Å². The van der Waals surface area contributed by atoms with E-state index in [4.69, 9.17) is 4.74 Å². The number of fused-ring (bicyclic) bond motifs is 3. The van der Waals surface area contributed by atoms with Crippen LogP contribution in [0.1, 0.15) is 50.2 Å². The van der Waals surface area contributed by atoms with Gasteiger partial charge in [0.1, 0.15) is 12.6 Å². The highest BCUT2D eigenvalue weighted by atomic mass is 16.5. The van der Waals surface area contributed by atoms with Crippen LogP contribution < -0.4 is 5.32 Å². The van der Waals surface area contributed by atoms with Crippen LogP contribution in [0.3, 0.4) is 0 Å². The highest BCUT2D eigenvalue weighted by molar-refractivity contribution is 5.88. The van der Waals surface area contributed by atoms with Gasteiger partial charge in [-0.15, -0.1) is 0 Å². The minimum absolute atomic E-state index is 0.00307. The Hall–Kier alpha value is -3.35. The standard InChI is InChI=1S/C28H32N2O5/c1-28(2)16-30(24(28)26(32)33)25(31)18-13-7-8-17(18)14-29-27(34)35-15-23-21-11-5-3-9-19(21)20-10-4-6-12-22(20)23/h3-6,9-12,17-18,23-24H,7-8,13-16H2,1-2H3,(H,29,34)(H,32,33)/t17-,18-,24?/m0/s1. The van der Waals surface area contributed by atoms with Gasteiger partial charge in [0, 0.05) is 30.3 Å². The summed E-state index contributed by atoms with van der Waals surface area (Å²) in [6.07, 6.45) is 1.95. The molecule has 0 radical (unpaired) electrons. The summed E-state index contributed by atoms with van der Waals surface area (Å²) in [4.78, 5) is 38.9. The van der Waals surface area contributed by atoms with Crippen LogP contribution in [-0.2, 0) is 14.3 Å². The molecule has 184 valence electrons. The van der Waals surface area contributed by atoms with Gasteiger partial charge in [0.15, 0.2) is 0 Å². The van der Waals surface area contributed by atoms with Crippen LogP contribution in [0.4, 0.5) is 4.79 Å². The van der Waals surface area contributed by atoms with Crippen molar-refractivity contribution in [2.24, 2.45) is 17.3 Å². The van der Waals surface area contributed by atoms with Crippen LogP contribution in [0.15, 0.2) is 48.5 Å². The van der Waals surface area contributed by atoms with Crippen molar-refractivity contribution < 1.29 is 24.2 Å². The molecule has 35 heavy (non-hydrogen) atoms. The van der Waals surface area contributed by atoms with Gasteiger partial charge < -0.3 is 20.1 Å². The summed E-state index contributed by atoms with van der Waals surface area (Å²) in [5, 5.41) is 12.4. The van der Waals surface area contributed by atoms with Crippen LogP contribution in [-0.4, -0.2) is 53.7 Å². The maximum absolute atomic E-state index is 13.1. The molecule has 3 aliphatic rings. The lowest BCUT2D eigenvalue weighted by Gasteiger charge is -2.52. The van der Waals surface area contributed by atoms with Crippen molar-refractivity contribution in [3.63, 3.8) is 0 Å². The third-order valence-corrected chi connectivity index (χ3v) is 7.98. The molecule has 0 spiro atoms. The lowest BCUT2D eigenvalue weighted by atomic mass is 9.74. The van der Waals surface area contributed by atoms with Gasteiger partial charge in [0.2, 0.25) is 5.91 Å². The quantitative estimate of drug-likeness (QED) is 0.649. The Morgan fingerprint density at radius 1 is 1.03 bits per heavy atom. The number of nitrogens with one attached hydrogen (secondary N) is 1. The molecule has 7 heteroatoms. The summed E-state index contributed by atoms with van der Waals surface area (Å²) in [5.41, 5.74) is 4.26. The summed E-state index contributed by atoms with van der Waals surface area (Å²) in [7, 11) is 0. The maximum atomic E-state index is 13.1. The van der Waals surface area contributed by atoms with E-state index >= 15 is 0 Å². The summed E-state index contributed by atoms with van der Waals surface area (Å²) >= 11 is 0. The minimum atomic E-state index is -0.957. The van der Waals surface area contributed by atoms with Gasteiger partial charge in [0.05, 0.1) is 0 Å². The fraction of sp³-hybridized carbons (Fsp3) is 0.464. The van der Waals surface area contributed by atoms with Crippen LogP contribution in [0.25, 0.3) is 11.1 Å². The predicted octanol–water partition coefficient (Wildman–Crippen LogP) is 4.26. The van der Waals surface area contributed by atoms with E-state index in [1.807, 2.05) is 38.1 Å². The Kier molecular flexibility index (Phi) is 6.03. The van der Waals surface area contributed by atoms with Gasteiger partial charge in [-0.2, -0.15) is 0 Å². The molecule has 7 nitrogen and oxygen atoms in total. The van der Waals surface area contributed by atoms with E-state index in [0.29, 0.717) is 13.1 Å². The van der Waals surface area contributed by atoms with Gasteiger partial charge in [0.25, 0.3) is 0 Å². The fourth-order valence-corrected chi connectivity index (χ4v) is 6.28. The largest absolute Gasteiger partial charge is 0.480 e. The van der Waals surface area contributed by atoms with Gasteiger partial charge >= 0.3 is 12.1 Å². The summed E-state index contributed by atoms with van der Waals surface area (Å²) in [6, 6.07) is 15.6. The van der Waals surface area contributed by atoms with E-state index in [2.05, 4.69) is 29.6 Å². The molecule has 2 aromatic rings. The van der Waals surface area contributed by atoms with Crippen molar-refractivity contribution in [1.29, 1.82) is 0 Å². The second kappa shape index (κ2) is 9.02. The van der Waals surface area contributed by atoms with Gasteiger partial charge in [-0.25, -0.2) is 9.59 Å². The third-order valence-electron chi connectivity index (χ3n) is 7.98. The third kappa shape index (κ3) is 4.17. The zero-order valence-corrected chi connectivity index (χ0v) is 20.2. The number of nitrogens with zero attached hydrogens (tertiary/aromatic N) is 1. The average molecular weight is 477 g/mol. The lowest BCUT2D eigenvalue weighted by molar-refractivity contribution is -0.174. The summed E-state index contributed by atoms with van der Waals surface area (Å²) < 4.78 is 5.63. The molecule has 5 rings (SSSR count). The van der Waals surface area contributed by atoms with Crippen molar-refractivity contribution in [3.8, 4) is 11.1 Å². The zero-order valence-electron chi connectivity index (χ0n) is 20.2. The number of ether oxygens (including phenoxy) is 1. The van der Waals surface area contributed by atoms with E-state index in [9.17, 15) is 19.5 Å². The molecule has 2 N–H and O–H groups in total. The molecule has 0 bridgehead atoms. The first-order chi connectivity index (χ1) is 16.8. The smallest absolute Gasteiger partial charge is 0.407 e. The molecule has 0 aromatic heterocycles. The van der Waals surface area contributed by atoms with Crippen molar-refractivity contribution in [3.05, 3.63) is 59.7 Å². The maximum Gasteiger partial charge on any atom is 0.407 e. The Labute approximate surface area is 205 Å². The van der Waals surface area contributed by atoms with Crippen LogP contribution in [0.2, 0.25) is 0 Å². The molecule has 1 saturated carbocycles. The lowest BCUT2D eigenvalue weighted by Crippen LogP contribution is -2.68. The molecule has 2 aliphatic carbocycles. The zero-order chi connectivity index (χ0) is 24.7. The number of amides is 2. The number of rotatable bonds is 6. The second-order valence-corrected chi connectivity index (χ2v) is 10.7. The molecule has 2 aromatic carbocycles. The number of alkyl carbamates (subject to hydrolysis) is 1. The number of carboxylic acids is 1. The SMILES string of the molecule is CC1(C)CN(C(=O)[C@H]2CCC[C@H]2CNC(=O)OCC2c3ccccc3-c3ccccc32)C1C(=O)O. The summed E-state index contributed by atoms with van der Waals surface area (Å²) in [5.74, 6) is -1.34. The molecular weight excluding hydrogens is 444 g/mol. The number of aliphatic carboxylic acids is 1. The van der Waals surface area contributed by atoms with E-state index in [1.165, 1.54) is 16.0 Å². The van der Waals surface area contributed by atoms with E-state index in [1.54, 1.807) is 0 Å². The number of likely N-dealkylation sites (tertiary alicyclic amines) is 1. The van der Waals surface area contributed by atoms with E-state index < -0.39 is 23.5 Å². The molecule has 1 unspecified atom stereocenters. The van der Waals surface area contributed by atoms with Crippen molar-refractivity contribution >= 4 is 18.0 Å². The average Bonchev–Trinajstić information content (AvgIpc) is 3.42. The number of hydrogen-bond acceptors (Lipinski definition) is 4. The Morgan fingerprint density at radius 3 is 2.26 bits per heavy atom. The van der Waals surface area contributed by atoms with Gasteiger partial charge in [-0.1, -0.05) is 68.8 Å². The van der Waals surface area contributed by atoms with E-state index in [0.717, 1.165) is 30.4 Å². The highest BCUT2D eigenvalue weighted by Crippen LogP contribution is 2.45. The normalized spacial score (nSPS) is 24.3. The van der Waals surface area contributed by atoms with Gasteiger partial charge in [-0.05, 0) is 41.0 Å². The topological polar surface area (TPSA) is 95.9 Å². The first kappa shape index (κ1) is 23.4. The van der Waals surface area contributed by atoms with E-state index in [-0.39, 0.29) is 30.3 Å². The first-order valence-corrected chi connectivity index (χ1v) is 12.4. The van der Waals surface area contributed by atoms with Gasteiger partial charge in [-0.3, -0.25) is 4.79 Å². The number of carbonyl (C=O) groups is 3. The van der Waals surface area contributed by atoms with Crippen molar-refractivity contribution in [2.45, 2.75) is 45.1 Å². The fourth-order valence-electron chi connectivity index (χ4n) is 6.28. The van der Waals surface area contributed by atoms with Crippen molar-refractivity contribution in [2.75, 3.05) is 19.7 Å².